The van der Waals surface area contributed by atoms with E-state index in [0.717, 1.165) is 68.1 Å². The van der Waals surface area contributed by atoms with Gasteiger partial charge in [0.25, 0.3) is 5.91 Å². The molecule has 1 unspecified atom stereocenters. The largest absolute Gasteiger partial charge is 0.489 e. The van der Waals surface area contributed by atoms with Crippen LogP contribution in [-0.4, -0.2) is 51.2 Å². The standard InChI is InChI=1S/C28H30FN7O2S/c29-25-15-19(7-12-31-25)17-35-13-1-4-24(35)27(37)34-28-33-22(18-39-28)23-3-2-14-36(23)26-6-5-21(16-32-26)38-20-8-10-30-11-9-20/h1,4-7,12-13,15-16,18,20,23,30H,2-3,8-11,14,17H2,(H,33,34,37). The highest BCUT2D eigenvalue weighted by atomic mass is 32.1. The van der Waals surface area contributed by atoms with Crippen LogP contribution in [-0.2, 0) is 6.54 Å². The highest BCUT2D eigenvalue weighted by Gasteiger charge is 2.29. The number of anilines is 2. The number of piperidine rings is 1. The second-order valence-electron chi connectivity index (χ2n) is 9.81. The zero-order chi connectivity index (χ0) is 26.6. The molecule has 0 saturated carbocycles. The minimum Gasteiger partial charge on any atom is -0.489 e. The number of rotatable bonds is 8. The first-order chi connectivity index (χ1) is 19.1. The maximum Gasteiger partial charge on any atom is 0.274 e. The molecule has 39 heavy (non-hydrogen) atoms. The summed E-state index contributed by atoms with van der Waals surface area (Å²) in [4.78, 5) is 28.4. The van der Waals surface area contributed by atoms with Crippen molar-refractivity contribution in [3.63, 3.8) is 0 Å². The zero-order valence-electron chi connectivity index (χ0n) is 21.4. The van der Waals surface area contributed by atoms with Gasteiger partial charge in [0.1, 0.15) is 23.4 Å². The lowest BCUT2D eigenvalue weighted by Gasteiger charge is -2.26. The number of aromatic nitrogens is 4. The normalized spacial score (nSPS) is 17.9. The molecule has 0 spiro atoms. The fraction of sp³-hybridized carbons (Fsp3) is 0.357. The van der Waals surface area contributed by atoms with Gasteiger partial charge in [0.15, 0.2) is 5.13 Å². The molecule has 0 aromatic carbocycles. The van der Waals surface area contributed by atoms with Gasteiger partial charge in [-0.15, -0.1) is 11.3 Å². The van der Waals surface area contributed by atoms with Crippen molar-refractivity contribution in [2.24, 2.45) is 0 Å². The molecule has 2 saturated heterocycles. The Hall–Kier alpha value is -3.83. The van der Waals surface area contributed by atoms with Crippen molar-refractivity contribution in [2.75, 3.05) is 29.9 Å². The Morgan fingerprint density at radius 1 is 1.18 bits per heavy atom. The minimum absolute atomic E-state index is 0.0982. The number of nitrogens with zero attached hydrogens (tertiary/aromatic N) is 5. The van der Waals surface area contributed by atoms with Crippen molar-refractivity contribution in [3.8, 4) is 5.75 Å². The predicted octanol–water partition coefficient (Wildman–Crippen LogP) is 4.65. The van der Waals surface area contributed by atoms with Crippen LogP contribution in [0.5, 0.6) is 5.75 Å². The second kappa shape index (κ2) is 11.5. The summed E-state index contributed by atoms with van der Waals surface area (Å²) >= 11 is 1.41. The molecule has 2 aliphatic rings. The summed E-state index contributed by atoms with van der Waals surface area (Å²) < 4.78 is 21.4. The van der Waals surface area contributed by atoms with Gasteiger partial charge in [-0.3, -0.25) is 10.1 Å². The molecular weight excluding hydrogens is 517 g/mol. The van der Waals surface area contributed by atoms with Gasteiger partial charge in [-0.05, 0) is 80.7 Å². The number of hydrogen-bond donors (Lipinski definition) is 2. The lowest BCUT2D eigenvalue weighted by molar-refractivity contribution is 0.101. The Bertz CT molecular complexity index is 1420. The number of ether oxygens (including phenoxy) is 1. The predicted molar refractivity (Wildman–Crippen MR) is 148 cm³/mol. The van der Waals surface area contributed by atoms with E-state index in [1.807, 2.05) is 23.7 Å². The summed E-state index contributed by atoms with van der Waals surface area (Å²) in [6.07, 6.45) is 9.30. The summed E-state index contributed by atoms with van der Waals surface area (Å²) in [5, 5.41) is 8.84. The average Bonchev–Trinajstić information content (AvgIpc) is 3.71. The third-order valence-electron chi connectivity index (χ3n) is 7.15. The smallest absolute Gasteiger partial charge is 0.274 e. The maximum atomic E-state index is 13.5. The zero-order valence-corrected chi connectivity index (χ0v) is 22.2. The summed E-state index contributed by atoms with van der Waals surface area (Å²) in [5.74, 6) is 0.904. The summed E-state index contributed by atoms with van der Waals surface area (Å²) in [7, 11) is 0. The first kappa shape index (κ1) is 25.4. The molecule has 2 aliphatic heterocycles. The van der Waals surface area contributed by atoms with Crippen molar-refractivity contribution in [2.45, 2.75) is 44.4 Å². The van der Waals surface area contributed by atoms with Gasteiger partial charge in [-0.2, -0.15) is 4.39 Å². The van der Waals surface area contributed by atoms with Gasteiger partial charge in [0.2, 0.25) is 5.95 Å². The summed E-state index contributed by atoms with van der Waals surface area (Å²) in [6, 6.07) is 10.8. The summed E-state index contributed by atoms with van der Waals surface area (Å²) in [6.45, 7) is 3.24. The van der Waals surface area contributed by atoms with Crippen LogP contribution in [0.1, 0.15) is 53.5 Å². The molecule has 2 N–H and O–H groups in total. The Labute approximate surface area is 230 Å². The first-order valence-corrected chi connectivity index (χ1v) is 14.1. The van der Waals surface area contributed by atoms with E-state index in [2.05, 4.69) is 20.5 Å². The number of thiazole rings is 1. The fourth-order valence-electron chi connectivity index (χ4n) is 5.22. The fourth-order valence-corrected chi connectivity index (χ4v) is 5.97. The number of nitrogens with one attached hydrogen (secondary N) is 2. The number of halogens is 1. The first-order valence-electron chi connectivity index (χ1n) is 13.2. The molecule has 202 valence electrons. The van der Waals surface area contributed by atoms with Crippen LogP contribution in [0.3, 0.4) is 0 Å². The van der Waals surface area contributed by atoms with Gasteiger partial charge < -0.3 is 19.5 Å². The van der Waals surface area contributed by atoms with E-state index in [1.54, 1.807) is 29.0 Å². The Morgan fingerprint density at radius 3 is 2.90 bits per heavy atom. The topological polar surface area (TPSA) is 97.2 Å². The quantitative estimate of drug-likeness (QED) is 0.310. The Kier molecular flexibility index (Phi) is 7.51. The van der Waals surface area contributed by atoms with Gasteiger partial charge >= 0.3 is 0 Å². The van der Waals surface area contributed by atoms with Crippen LogP contribution in [0.25, 0.3) is 0 Å². The number of carbonyl (C=O) groups excluding carboxylic acids is 1. The van der Waals surface area contributed by atoms with Crippen LogP contribution in [0, 0.1) is 5.95 Å². The van der Waals surface area contributed by atoms with E-state index < -0.39 is 5.95 Å². The molecule has 0 aliphatic carbocycles. The van der Waals surface area contributed by atoms with Crippen LogP contribution in [0.4, 0.5) is 15.3 Å². The number of carbonyl (C=O) groups is 1. The van der Waals surface area contributed by atoms with Gasteiger partial charge in [0.05, 0.1) is 17.9 Å². The Morgan fingerprint density at radius 2 is 2.08 bits per heavy atom. The highest BCUT2D eigenvalue weighted by Crippen LogP contribution is 2.37. The molecule has 0 bridgehead atoms. The van der Waals surface area contributed by atoms with Crippen LogP contribution < -0.4 is 20.3 Å². The van der Waals surface area contributed by atoms with Crippen molar-refractivity contribution in [1.82, 2.24) is 24.8 Å². The molecule has 1 atom stereocenters. The van der Waals surface area contributed by atoms with E-state index in [0.29, 0.717) is 17.4 Å². The third kappa shape index (κ3) is 5.94. The molecule has 2 fully saturated rings. The molecule has 0 radical (unpaired) electrons. The SMILES string of the molecule is O=C(Nc1nc(C2CCCN2c2ccc(OC3CCNCC3)cn2)cs1)c1cccn1Cc1ccnc(F)c1. The third-order valence-corrected chi connectivity index (χ3v) is 7.92. The van der Waals surface area contributed by atoms with E-state index >= 15 is 0 Å². The molecule has 9 nitrogen and oxygen atoms in total. The Balaban J connectivity index is 1.10. The van der Waals surface area contributed by atoms with Gasteiger partial charge in [-0.1, -0.05) is 0 Å². The van der Waals surface area contributed by atoms with Crippen molar-refractivity contribution in [1.29, 1.82) is 0 Å². The van der Waals surface area contributed by atoms with Crippen molar-refractivity contribution in [3.05, 3.63) is 83.3 Å². The highest BCUT2D eigenvalue weighted by molar-refractivity contribution is 7.14. The van der Waals surface area contributed by atoms with Gasteiger partial charge in [-0.25, -0.2) is 15.0 Å². The molecule has 4 aromatic rings. The molecule has 4 aromatic heterocycles. The van der Waals surface area contributed by atoms with Crippen molar-refractivity contribution >= 4 is 28.2 Å². The minimum atomic E-state index is -0.543. The van der Waals surface area contributed by atoms with Gasteiger partial charge in [0, 0.05) is 30.9 Å². The van der Waals surface area contributed by atoms with E-state index in [1.165, 1.54) is 23.6 Å². The molecule has 6 rings (SSSR count). The number of amides is 1. The molecule has 6 heterocycles. The lowest BCUT2D eigenvalue weighted by atomic mass is 10.1. The van der Waals surface area contributed by atoms with Crippen LogP contribution in [0.15, 0.2) is 60.4 Å². The number of pyridine rings is 2. The maximum absolute atomic E-state index is 13.5. The lowest BCUT2D eigenvalue weighted by Crippen LogP contribution is -2.34. The van der Waals surface area contributed by atoms with Crippen LogP contribution >= 0.6 is 11.3 Å². The monoisotopic (exact) mass is 547 g/mol. The molecular formula is C28H30FN7O2S. The average molecular weight is 548 g/mol. The molecule has 11 heteroatoms. The molecule has 1 amide bonds. The van der Waals surface area contributed by atoms with E-state index in [9.17, 15) is 9.18 Å². The number of hydrogen-bond acceptors (Lipinski definition) is 8. The van der Waals surface area contributed by atoms with Crippen LogP contribution in [0.2, 0.25) is 0 Å². The second-order valence-corrected chi connectivity index (χ2v) is 10.7. The summed E-state index contributed by atoms with van der Waals surface area (Å²) in [5.41, 5.74) is 2.12. The van der Waals surface area contributed by atoms with E-state index in [-0.39, 0.29) is 18.1 Å². The van der Waals surface area contributed by atoms with E-state index in [4.69, 9.17) is 14.7 Å². The van der Waals surface area contributed by atoms with Crippen molar-refractivity contribution < 1.29 is 13.9 Å².